The van der Waals surface area contributed by atoms with Crippen molar-refractivity contribution >= 4 is 28.5 Å². The standard InChI is InChI=1S/C22H20ClN3O3/c1-13-19-21(24-11-14-8-17(27-2)10-18(9-14)28-3)25-12-26-22(19)29-20(13)15-4-6-16(23)7-5-15/h4-10,12H,11H2,1-3H3,(H,24,25,26). The van der Waals surface area contributed by atoms with E-state index in [1.807, 2.05) is 49.4 Å². The Labute approximate surface area is 173 Å². The van der Waals surface area contributed by atoms with E-state index in [0.29, 0.717) is 23.1 Å². The second-order valence-electron chi connectivity index (χ2n) is 6.54. The second-order valence-corrected chi connectivity index (χ2v) is 6.98. The Balaban J connectivity index is 1.67. The van der Waals surface area contributed by atoms with Crippen molar-refractivity contribution in [3.05, 3.63) is 64.9 Å². The van der Waals surface area contributed by atoms with Crippen LogP contribution in [0.5, 0.6) is 11.5 Å². The van der Waals surface area contributed by atoms with E-state index in [1.54, 1.807) is 14.2 Å². The predicted octanol–water partition coefficient (Wildman–Crippen LogP) is 5.48. The van der Waals surface area contributed by atoms with Crippen LogP contribution in [-0.2, 0) is 6.54 Å². The van der Waals surface area contributed by atoms with Gasteiger partial charge in [-0.15, -0.1) is 0 Å². The Kier molecular flexibility index (Phi) is 5.27. The molecule has 0 saturated heterocycles. The van der Waals surface area contributed by atoms with Crippen LogP contribution in [-0.4, -0.2) is 24.2 Å². The third kappa shape index (κ3) is 3.84. The first kappa shape index (κ1) is 19.1. The van der Waals surface area contributed by atoms with Crippen molar-refractivity contribution in [2.45, 2.75) is 13.5 Å². The number of nitrogens with one attached hydrogen (secondary N) is 1. The van der Waals surface area contributed by atoms with Crippen molar-refractivity contribution in [3.63, 3.8) is 0 Å². The molecule has 0 radical (unpaired) electrons. The Bertz CT molecular complexity index is 1130. The number of rotatable bonds is 6. The molecular formula is C22H20ClN3O3. The van der Waals surface area contributed by atoms with E-state index in [9.17, 15) is 0 Å². The number of hydrogen-bond donors (Lipinski definition) is 1. The number of halogens is 1. The normalized spacial score (nSPS) is 10.9. The number of hydrogen-bond acceptors (Lipinski definition) is 6. The highest BCUT2D eigenvalue weighted by atomic mass is 35.5. The molecule has 2 aromatic heterocycles. The van der Waals surface area contributed by atoms with Crippen molar-refractivity contribution in [1.29, 1.82) is 0 Å². The van der Waals surface area contributed by atoms with Crippen molar-refractivity contribution in [1.82, 2.24) is 9.97 Å². The second kappa shape index (κ2) is 8.01. The number of aryl methyl sites for hydroxylation is 1. The monoisotopic (exact) mass is 409 g/mol. The SMILES string of the molecule is COc1cc(CNc2ncnc3oc(-c4ccc(Cl)cc4)c(C)c23)cc(OC)c1. The molecule has 0 aliphatic carbocycles. The maximum Gasteiger partial charge on any atom is 0.232 e. The van der Waals surface area contributed by atoms with Gasteiger partial charge in [-0.2, -0.15) is 0 Å². The number of furan rings is 1. The first-order chi connectivity index (χ1) is 14.1. The van der Waals surface area contributed by atoms with Crippen LogP contribution in [0, 0.1) is 6.92 Å². The fourth-order valence-corrected chi connectivity index (χ4v) is 3.36. The summed E-state index contributed by atoms with van der Waals surface area (Å²) < 4.78 is 16.7. The van der Waals surface area contributed by atoms with Crippen LogP contribution >= 0.6 is 11.6 Å². The van der Waals surface area contributed by atoms with Gasteiger partial charge in [0.05, 0.1) is 19.6 Å². The van der Waals surface area contributed by atoms with Crippen molar-refractivity contribution < 1.29 is 13.9 Å². The number of methoxy groups -OCH3 is 2. The van der Waals surface area contributed by atoms with Gasteiger partial charge in [-0.05, 0) is 48.9 Å². The summed E-state index contributed by atoms with van der Waals surface area (Å²) in [7, 11) is 3.26. The topological polar surface area (TPSA) is 69.4 Å². The summed E-state index contributed by atoms with van der Waals surface area (Å²) >= 11 is 6.00. The third-order valence-corrected chi connectivity index (χ3v) is 4.96. The minimum atomic E-state index is 0.535. The van der Waals surface area contributed by atoms with Crippen LogP contribution in [0.25, 0.3) is 22.4 Å². The lowest BCUT2D eigenvalue weighted by Crippen LogP contribution is -2.03. The average molecular weight is 410 g/mol. The van der Waals surface area contributed by atoms with Crippen molar-refractivity contribution in [2.75, 3.05) is 19.5 Å². The zero-order valence-corrected chi connectivity index (χ0v) is 17.1. The molecule has 4 rings (SSSR count). The zero-order chi connectivity index (χ0) is 20.4. The molecule has 0 fully saturated rings. The number of fused-ring (bicyclic) bond motifs is 1. The van der Waals surface area contributed by atoms with Gasteiger partial charge in [0, 0.05) is 28.8 Å². The number of ether oxygens (including phenoxy) is 2. The third-order valence-electron chi connectivity index (χ3n) is 4.70. The van der Waals surface area contributed by atoms with Gasteiger partial charge in [0.15, 0.2) is 0 Å². The van der Waals surface area contributed by atoms with Gasteiger partial charge in [-0.25, -0.2) is 9.97 Å². The average Bonchev–Trinajstić information content (AvgIpc) is 3.09. The summed E-state index contributed by atoms with van der Waals surface area (Å²) in [6.45, 7) is 2.54. The molecule has 29 heavy (non-hydrogen) atoms. The van der Waals surface area contributed by atoms with E-state index in [-0.39, 0.29) is 0 Å². The molecule has 7 heteroatoms. The highest BCUT2D eigenvalue weighted by Gasteiger charge is 2.17. The number of anilines is 1. The van der Waals surface area contributed by atoms with Gasteiger partial charge in [-0.1, -0.05) is 11.6 Å². The first-order valence-corrected chi connectivity index (χ1v) is 9.42. The summed E-state index contributed by atoms with van der Waals surface area (Å²) in [5.74, 6) is 2.93. The molecule has 2 aromatic carbocycles. The molecule has 0 saturated carbocycles. The number of nitrogens with zero attached hydrogens (tertiary/aromatic N) is 2. The van der Waals surface area contributed by atoms with Crippen LogP contribution < -0.4 is 14.8 Å². The maximum absolute atomic E-state index is 6.02. The molecule has 0 aliphatic rings. The number of benzene rings is 2. The molecule has 4 aromatic rings. The van der Waals surface area contributed by atoms with E-state index < -0.39 is 0 Å². The van der Waals surface area contributed by atoms with Crippen LogP contribution in [0.15, 0.2) is 53.2 Å². The fraction of sp³-hybridized carbons (Fsp3) is 0.182. The largest absolute Gasteiger partial charge is 0.497 e. The van der Waals surface area contributed by atoms with Gasteiger partial charge in [0.25, 0.3) is 0 Å². The lowest BCUT2D eigenvalue weighted by atomic mass is 10.1. The summed E-state index contributed by atoms with van der Waals surface area (Å²) in [5.41, 5.74) is 3.45. The summed E-state index contributed by atoms with van der Waals surface area (Å²) in [4.78, 5) is 8.72. The Morgan fingerprint density at radius 3 is 2.34 bits per heavy atom. The molecule has 1 N–H and O–H groups in total. The lowest BCUT2D eigenvalue weighted by molar-refractivity contribution is 0.393. The van der Waals surface area contributed by atoms with Crippen LogP contribution in [0.3, 0.4) is 0 Å². The van der Waals surface area contributed by atoms with Gasteiger partial charge < -0.3 is 19.2 Å². The van der Waals surface area contributed by atoms with Crippen LogP contribution in [0.1, 0.15) is 11.1 Å². The van der Waals surface area contributed by atoms with E-state index in [1.165, 1.54) is 6.33 Å². The highest BCUT2D eigenvalue weighted by Crippen LogP contribution is 2.35. The fourth-order valence-electron chi connectivity index (χ4n) is 3.24. The highest BCUT2D eigenvalue weighted by molar-refractivity contribution is 6.30. The van der Waals surface area contributed by atoms with Gasteiger partial charge in [0.1, 0.15) is 29.4 Å². The minimum absolute atomic E-state index is 0.535. The molecule has 0 atom stereocenters. The molecular weight excluding hydrogens is 390 g/mol. The molecule has 0 bridgehead atoms. The Morgan fingerprint density at radius 2 is 1.69 bits per heavy atom. The van der Waals surface area contributed by atoms with Crippen LogP contribution in [0.4, 0.5) is 5.82 Å². The smallest absolute Gasteiger partial charge is 0.232 e. The predicted molar refractivity (Wildman–Crippen MR) is 114 cm³/mol. The molecule has 148 valence electrons. The lowest BCUT2D eigenvalue weighted by Gasteiger charge is -2.10. The Hall–Kier alpha value is -3.25. The van der Waals surface area contributed by atoms with Crippen molar-refractivity contribution in [2.24, 2.45) is 0 Å². The quantitative estimate of drug-likeness (QED) is 0.454. The summed E-state index contributed by atoms with van der Waals surface area (Å²) in [5, 5.41) is 4.91. The zero-order valence-electron chi connectivity index (χ0n) is 16.3. The molecule has 0 aliphatic heterocycles. The van der Waals surface area contributed by atoms with Gasteiger partial charge in [0.2, 0.25) is 5.71 Å². The molecule has 0 spiro atoms. The van der Waals surface area contributed by atoms with Gasteiger partial charge >= 0.3 is 0 Å². The Morgan fingerprint density at radius 1 is 1.00 bits per heavy atom. The van der Waals surface area contributed by atoms with Crippen molar-refractivity contribution in [3.8, 4) is 22.8 Å². The van der Waals surface area contributed by atoms with E-state index in [0.717, 1.165) is 39.3 Å². The van der Waals surface area contributed by atoms with Gasteiger partial charge in [-0.3, -0.25) is 0 Å². The van der Waals surface area contributed by atoms with Crippen LogP contribution in [0.2, 0.25) is 5.02 Å². The van der Waals surface area contributed by atoms with E-state index in [4.69, 9.17) is 25.5 Å². The molecule has 0 unspecified atom stereocenters. The van der Waals surface area contributed by atoms with E-state index in [2.05, 4.69) is 15.3 Å². The summed E-state index contributed by atoms with van der Waals surface area (Å²) in [6.07, 6.45) is 1.49. The minimum Gasteiger partial charge on any atom is -0.497 e. The summed E-state index contributed by atoms with van der Waals surface area (Å²) in [6, 6.07) is 13.3. The molecule has 6 nitrogen and oxygen atoms in total. The number of aromatic nitrogens is 2. The molecule has 0 amide bonds. The first-order valence-electron chi connectivity index (χ1n) is 9.05. The maximum atomic E-state index is 6.02. The molecule has 2 heterocycles. The van der Waals surface area contributed by atoms with E-state index >= 15 is 0 Å².